The molecule has 0 aliphatic carbocycles. The summed E-state index contributed by atoms with van der Waals surface area (Å²) < 4.78 is 5.37. The van der Waals surface area contributed by atoms with Crippen molar-refractivity contribution in [2.75, 3.05) is 52.8 Å². The Kier molecular flexibility index (Phi) is 6.42. The first kappa shape index (κ1) is 17.8. The molecule has 0 bridgehead atoms. The lowest BCUT2D eigenvalue weighted by Gasteiger charge is -2.31. The number of nitrogens with zero attached hydrogens (tertiary/aromatic N) is 3. The van der Waals surface area contributed by atoms with Crippen LogP contribution in [0.3, 0.4) is 0 Å². The molecular weight excluding hydrogens is 290 g/mol. The first-order valence-corrected chi connectivity index (χ1v) is 8.25. The van der Waals surface area contributed by atoms with Crippen molar-refractivity contribution < 1.29 is 9.53 Å². The van der Waals surface area contributed by atoms with Gasteiger partial charge in [-0.2, -0.15) is 0 Å². The molecule has 2 rings (SSSR count). The van der Waals surface area contributed by atoms with Gasteiger partial charge in [0, 0.05) is 53.6 Å². The van der Waals surface area contributed by atoms with Gasteiger partial charge in [0.25, 0.3) is 0 Å². The van der Waals surface area contributed by atoms with E-state index in [1.54, 1.807) is 7.11 Å². The number of amides is 1. The number of piperidine rings is 1. The predicted octanol–water partition coefficient (Wildman–Crippen LogP) is 1.82. The maximum absolute atomic E-state index is 12.4. The lowest BCUT2D eigenvalue weighted by Crippen LogP contribution is -2.43. The highest BCUT2D eigenvalue weighted by atomic mass is 16.5. The third kappa shape index (κ3) is 5.22. The fourth-order valence-corrected chi connectivity index (χ4v) is 2.88. The van der Waals surface area contributed by atoms with Crippen LogP contribution in [-0.2, 0) is 16.1 Å². The first-order valence-electron chi connectivity index (χ1n) is 8.25. The number of hydrogen-bond acceptors (Lipinski definition) is 4. The van der Waals surface area contributed by atoms with E-state index in [0.717, 1.165) is 31.5 Å². The standard InChI is InChI=1S/C18H29N3O2/c1-19(2)16-7-5-15(6-8-16)13-20(3)18(22)14-21-11-9-17(23-4)10-12-21/h5-8,17H,9-14H2,1-4H3. The van der Waals surface area contributed by atoms with Crippen molar-refractivity contribution in [3.8, 4) is 0 Å². The number of carbonyl (C=O) groups is 1. The van der Waals surface area contributed by atoms with Gasteiger partial charge in [0.05, 0.1) is 12.6 Å². The van der Waals surface area contributed by atoms with E-state index in [-0.39, 0.29) is 5.91 Å². The van der Waals surface area contributed by atoms with Crippen molar-refractivity contribution in [3.63, 3.8) is 0 Å². The number of carbonyl (C=O) groups excluding carboxylic acids is 1. The van der Waals surface area contributed by atoms with Crippen LogP contribution < -0.4 is 4.90 Å². The summed E-state index contributed by atoms with van der Waals surface area (Å²) in [5.74, 6) is 0.178. The fraction of sp³-hybridized carbons (Fsp3) is 0.611. The summed E-state index contributed by atoms with van der Waals surface area (Å²) in [5, 5.41) is 0. The summed E-state index contributed by atoms with van der Waals surface area (Å²) in [6.45, 7) is 3.04. The van der Waals surface area contributed by atoms with E-state index in [0.29, 0.717) is 19.2 Å². The zero-order chi connectivity index (χ0) is 16.8. The molecule has 0 radical (unpaired) electrons. The Bertz CT molecular complexity index is 493. The second kappa shape index (κ2) is 8.31. The predicted molar refractivity (Wildman–Crippen MR) is 93.7 cm³/mol. The van der Waals surface area contributed by atoms with E-state index in [1.165, 1.54) is 5.69 Å². The van der Waals surface area contributed by atoms with Crippen LogP contribution in [-0.4, -0.2) is 69.7 Å². The third-order valence-corrected chi connectivity index (χ3v) is 4.53. The first-order chi connectivity index (χ1) is 11.0. The van der Waals surface area contributed by atoms with Crippen LogP contribution in [0.5, 0.6) is 0 Å². The molecule has 0 saturated carbocycles. The maximum atomic E-state index is 12.4. The monoisotopic (exact) mass is 319 g/mol. The molecule has 1 aromatic carbocycles. The van der Waals surface area contributed by atoms with E-state index in [4.69, 9.17) is 4.74 Å². The fourth-order valence-electron chi connectivity index (χ4n) is 2.88. The third-order valence-electron chi connectivity index (χ3n) is 4.53. The number of ether oxygens (including phenoxy) is 1. The van der Waals surface area contributed by atoms with Gasteiger partial charge in [-0.05, 0) is 30.5 Å². The Hall–Kier alpha value is -1.59. The molecule has 1 amide bonds. The van der Waals surface area contributed by atoms with Crippen LogP contribution >= 0.6 is 0 Å². The van der Waals surface area contributed by atoms with Crippen LogP contribution in [0.4, 0.5) is 5.69 Å². The molecule has 0 atom stereocenters. The number of anilines is 1. The lowest BCUT2D eigenvalue weighted by molar-refractivity contribution is -0.132. The number of methoxy groups -OCH3 is 1. The van der Waals surface area contributed by atoms with Gasteiger partial charge in [-0.1, -0.05) is 12.1 Å². The molecule has 0 N–H and O–H groups in total. The molecule has 23 heavy (non-hydrogen) atoms. The van der Waals surface area contributed by atoms with Gasteiger partial charge in [-0.15, -0.1) is 0 Å². The summed E-state index contributed by atoms with van der Waals surface area (Å²) in [6, 6.07) is 8.35. The van der Waals surface area contributed by atoms with E-state index in [1.807, 2.05) is 26.0 Å². The summed E-state index contributed by atoms with van der Waals surface area (Å²) in [4.78, 5) is 18.5. The number of likely N-dealkylation sites (tertiary alicyclic amines) is 1. The minimum Gasteiger partial charge on any atom is -0.381 e. The van der Waals surface area contributed by atoms with Gasteiger partial charge in [0.1, 0.15) is 0 Å². The smallest absolute Gasteiger partial charge is 0.236 e. The molecule has 1 aliphatic rings. The van der Waals surface area contributed by atoms with Gasteiger partial charge in [-0.3, -0.25) is 9.69 Å². The minimum absolute atomic E-state index is 0.178. The van der Waals surface area contributed by atoms with Crippen molar-refractivity contribution in [1.82, 2.24) is 9.80 Å². The van der Waals surface area contributed by atoms with Crippen molar-refractivity contribution in [2.24, 2.45) is 0 Å². The molecule has 5 heteroatoms. The lowest BCUT2D eigenvalue weighted by atomic mass is 10.1. The highest BCUT2D eigenvalue weighted by Crippen LogP contribution is 2.15. The van der Waals surface area contributed by atoms with Crippen molar-refractivity contribution in [1.29, 1.82) is 0 Å². The average Bonchev–Trinajstić information content (AvgIpc) is 2.56. The Morgan fingerprint density at radius 3 is 2.30 bits per heavy atom. The molecule has 128 valence electrons. The summed E-state index contributed by atoms with van der Waals surface area (Å²) in [7, 11) is 7.69. The van der Waals surface area contributed by atoms with Crippen LogP contribution in [0, 0.1) is 0 Å². The number of hydrogen-bond donors (Lipinski definition) is 0. The topological polar surface area (TPSA) is 36.0 Å². The maximum Gasteiger partial charge on any atom is 0.236 e. The van der Waals surface area contributed by atoms with Crippen molar-refractivity contribution in [3.05, 3.63) is 29.8 Å². The van der Waals surface area contributed by atoms with Gasteiger partial charge in [0.15, 0.2) is 0 Å². The van der Waals surface area contributed by atoms with E-state index < -0.39 is 0 Å². The zero-order valence-electron chi connectivity index (χ0n) is 14.8. The highest BCUT2D eigenvalue weighted by molar-refractivity contribution is 5.78. The Labute approximate surface area is 139 Å². The summed E-state index contributed by atoms with van der Waals surface area (Å²) in [5.41, 5.74) is 2.33. The molecule has 5 nitrogen and oxygen atoms in total. The van der Waals surface area contributed by atoms with E-state index in [2.05, 4.69) is 34.1 Å². The van der Waals surface area contributed by atoms with E-state index in [9.17, 15) is 4.79 Å². The van der Waals surface area contributed by atoms with Crippen molar-refractivity contribution in [2.45, 2.75) is 25.5 Å². The molecule has 0 aromatic heterocycles. The number of rotatable bonds is 6. The van der Waals surface area contributed by atoms with Gasteiger partial charge >= 0.3 is 0 Å². The second-order valence-electron chi connectivity index (χ2n) is 6.52. The second-order valence-corrected chi connectivity index (χ2v) is 6.52. The average molecular weight is 319 g/mol. The molecule has 1 aliphatic heterocycles. The van der Waals surface area contributed by atoms with Crippen LogP contribution in [0.15, 0.2) is 24.3 Å². The van der Waals surface area contributed by atoms with Crippen LogP contribution in [0.1, 0.15) is 18.4 Å². The van der Waals surface area contributed by atoms with Crippen molar-refractivity contribution >= 4 is 11.6 Å². The Balaban J connectivity index is 1.80. The van der Waals surface area contributed by atoms with E-state index >= 15 is 0 Å². The summed E-state index contributed by atoms with van der Waals surface area (Å²) >= 11 is 0. The van der Waals surface area contributed by atoms with Crippen LogP contribution in [0.25, 0.3) is 0 Å². The summed E-state index contributed by atoms with van der Waals surface area (Å²) in [6.07, 6.45) is 2.38. The van der Waals surface area contributed by atoms with Gasteiger partial charge in [0.2, 0.25) is 5.91 Å². The zero-order valence-corrected chi connectivity index (χ0v) is 14.8. The molecule has 0 unspecified atom stereocenters. The Morgan fingerprint density at radius 2 is 1.78 bits per heavy atom. The molecule has 0 spiro atoms. The van der Waals surface area contributed by atoms with Gasteiger partial charge in [-0.25, -0.2) is 0 Å². The quantitative estimate of drug-likeness (QED) is 0.801. The molecule has 1 fully saturated rings. The number of benzene rings is 1. The van der Waals surface area contributed by atoms with Crippen LogP contribution in [0.2, 0.25) is 0 Å². The molecular formula is C18H29N3O2. The SMILES string of the molecule is COC1CCN(CC(=O)N(C)Cc2ccc(N(C)C)cc2)CC1. The normalized spacial score (nSPS) is 16.3. The largest absolute Gasteiger partial charge is 0.381 e. The molecule has 1 saturated heterocycles. The van der Waals surface area contributed by atoms with Gasteiger partial charge < -0.3 is 14.5 Å². The Morgan fingerprint density at radius 1 is 1.17 bits per heavy atom. The minimum atomic E-state index is 0.178. The molecule has 1 aromatic rings. The molecule has 1 heterocycles. The highest BCUT2D eigenvalue weighted by Gasteiger charge is 2.21. The number of likely N-dealkylation sites (N-methyl/N-ethyl adjacent to an activating group) is 1.